The molecule has 0 aromatic heterocycles. The highest BCUT2D eigenvalue weighted by atomic mass is 15.2. The number of nitrogens with two attached hydrogens (primary N) is 1. The molecule has 0 amide bonds. The Morgan fingerprint density at radius 1 is 0.947 bits per heavy atom. The smallest absolute Gasteiger partial charge is 0.0500 e. The maximum atomic E-state index is 5.72. The van der Waals surface area contributed by atoms with E-state index in [1.807, 2.05) is 0 Å². The summed E-state index contributed by atoms with van der Waals surface area (Å²) in [6.07, 6.45) is 0.902. The Labute approximate surface area is 115 Å². The van der Waals surface area contributed by atoms with Crippen LogP contribution < -0.4 is 11.3 Å². The Morgan fingerprint density at radius 3 is 2.21 bits per heavy atom. The van der Waals surface area contributed by atoms with Crippen molar-refractivity contribution < 1.29 is 0 Å². The molecule has 1 unspecified atom stereocenters. The highest BCUT2D eigenvalue weighted by molar-refractivity contribution is 5.33. The molecule has 2 nitrogen and oxygen atoms in total. The molecular weight excluding hydrogens is 232 g/mol. The second kappa shape index (κ2) is 6.00. The topological polar surface area (TPSA) is 38.0 Å². The molecule has 1 atom stereocenters. The van der Waals surface area contributed by atoms with Crippen molar-refractivity contribution in [3.8, 4) is 0 Å². The molecule has 0 saturated heterocycles. The Hall–Kier alpha value is -1.64. The molecule has 0 bridgehead atoms. The minimum atomic E-state index is 0.155. The number of hydrazine groups is 1. The van der Waals surface area contributed by atoms with Crippen LogP contribution in [0.5, 0.6) is 0 Å². The van der Waals surface area contributed by atoms with Crippen LogP contribution in [0.2, 0.25) is 0 Å². The Bertz CT molecular complexity index is 544. The van der Waals surface area contributed by atoms with Gasteiger partial charge in [-0.15, -0.1) is 0 Å². The fraction of sp³-hybridized carbons (Fsp3) is 0.294. The minimum Gasteiger partial charge on any atom is -0.271 e. The van der Waals surface area contributed by atoms with E-state index in [4.69, 9.17) is 5.84 Å². The summed E-state index contributed by atoms with van der Waals surface area (Å²) in [5.41, 5.74) is 9.37. The summed E-state index contributed by atoms with van der Waals surface area (Å²) in [5.74, 6) is 5.72. The standard InChI is InChI=1S/C17H22N2/c1-12-4-7-15(8-5-12)11-17(19-18)16-9-6-13(2)14(3)10-16/h4-10,17,19H,11,18H2,1-3H3. The highest BCUT2D eigenvalue weighted by Gasteiger charge is 2.11. The van der Waals surface area contributed by atoms with Crippen LogP contribution in [0, 0.1) is 20.8 Å². The van der Waals surface area contributed by atoms with Gasteiger partial charge in [0.2, 0.25) is 0 Å². The summed E-state index contributed by atoms with van der Waals surface area (Å²) in [7, 11) is 0. The fourth-order valence-corrected chi connectivity index (χ4v) is 2.21. The van der Waals surface area contributed by atoms with E-state index >= 15 is 0 Å². The summed E-state index contributed by atoms with van der Waals surface area (Å²) in [5, 5.41) is 0. The maximum Gasteiger partial charge on any atom is 0.0500 e. The number of benzene rings is 2. The van der Waals surface area contributed by atoms with Gasteiger partial charge >= 0.3 is 0 Å². The second-order valence-corrected chi connectivity index (χ2v) is 5.25. The predicted octanol–water partition coefficient (Wildman–Crippen LogP) is 3.36. The van der Waals surface area contributed by atoms with Gasteiger partial charge in [-0.2, -0.15) is 0 Å². The molecule has 2 heteroatoms. The quantitative estimate of drug-likeness (QED) is 0.648. The first-order chi connectivity index (χ1) is 9.10. The molecule has 0 spiro atoms. The number of nitrogens with one attached hydrogen (secondary N) is 1. The van der Waals surface area contributed by atoms with Crippen LogP contribution in [0.4, 0.5) is 0 Å². The zero-order valence-electron chi connectivity index (χ0n) is 11.9. The molecule has 3 N–H and O–H groups in total. The fourth-order valence-electron chi connectivity index (χ4n) is 2.21. The van der Waals surface area contributed by atoms with Crippen LogP contribution in [0.1, 0.15) is 33.9 Å². The predicted molar refractivity (Wildman–Crippen MR) is 80.9 cm³/mol. The SMILES string of the molecule is Cc1ccc(CC(NN)c2ccc(C)c(C)c2)cc1. The zero-order valence-corrected chi connectivity index (χ0v) is 11.9. The van der Waals surface area contributed by atoms with Crippen molar-refractivity contribution in [1.82, 2.24) is 5.43 Å². The van der Waals surface area contributed by atoms with E-state index < -0.39 is 0 Å². The largest absolute Gasteiger partial charge is 0.271 e. The average molecular weight is 254 g/mol. The Morgan fingerprint density at radius 2 is 1.63 bits per heavy atom. The van der Waals surface area contributed by atoms with E-state index in [9.17, 15) is 0 Å². The van der Waals surface area contributed by atoms with Crippen molar-refractivity contribution >= 4 is 0 Å². The van der Waals surface area contributed by atoms with Gasteiger partial charge in [0.05, 0.1) is 0 Å². The molecular formula is C17H22N2. The monoisotopic (exact) mass is 254 g/mol. The van der Waals surface area contributed by atoms with Gasteiger partial charge in [-0.05, 0) is 49.4 Å². The molecule has 19 heavy (non-hydrogen) atoms. The lowest BCUT2D eigenvalue weighted by molar-refractivity contribution is 0.551. The van der Waals surface area contributed by atoms with Crippen LogP contribution in [0.25, 0.3) is 0 Å². The lowest BCUT2D eigenvalue weighted by atomic mass is 9.96. The summed E-state index contributed by atoms with van der Waals surface area (Å²) >= 11 is 0. The first kappa shape index (κ1) is 13.8. The third kappa shape index (κ3) is 3.43. The molecule has 0 aliphatic rings. The highest BCUT2D eigenvalue weighted by Crippen LogP contribution is 2.20. The van der Waals surface area contributed by atoms with Gasteiger partial charge in [0.1, 0.15) is 0 Å². The van der Waals surface area contributed by atoms with Crippen LogP contribution in [-0.2, 0) is 6.42 Å². The summed E-state index contributed by atoms with van der Waals surface area (Å²) in [6, 6.07) is 15.3. The molecule has 100 valence electrons. The first-order valence-electron chi connectivity index (χ1n) is 6.69. The minimum absolute atomic E-state index is 0.155. The molecule has 2 rings (SSSR count). The van der Waals surface area contributed by atoms with Gasteiger partial charge in [-0.3, -0.25) is 11.3 Å². The lowest BCUT2D eigenvalue weighted by Crippen LogP contribution is -2.29. The molecule has 0 saturated carbocycles. The average Bonchev–Trinajstić information content (AvgIpc) is 2.41. The van der Waals surface area contributed by atoms with E-state index in [0.29, 0.717) is 0 Å². The van der Waals surface area contributed by atoms with Crippen LogP contribution in [0.3, 0.4) is 0 Å². The van der Waals surface area contributed by atoms with E-state index in [1.165, 1.54) is 27.8 Å². The molecule has 0 radical (unpaired) electrons. The molecule has 0 aliphatic carbocycles. The third-order valence-electron chi connectivity index (χ3n) is 3.69. The molecule has 0 aliphatic heterocycles. The van der Waals surface area contributed by atoms with Crippen molar-refractivity contribution in [2.24, 2.45) is 5.84 Å². The zero-order chi connectivity index (χ0) is 13.8. The van der Waals surface area contributed by atoms with Crippen molar-refractivity contribution in [1.29, 1.82) is 0 Å². The normalized spacial score (nSPS) is 12.4. The summed E-state index contributed by atoms with van der Waals surface area (Å²) < 4.78 is 0. The van der Waals surface area contributed by atoms with Crippen molar-refractivity contribution in [3.05, 3.63) is 70.3 Å². The van der Waals surface area contributed by atoms with Gasteiger partial charge in [0.25, 0.3) is 0 Å². The van der Waals surface area contributed by atoms with Crippen molar-refractivity contribution in [2.75, 3.05) is 0 Å². The van der Waals surface area contributed by atoms with Crippen LogP contribution >= 0.6 is 0 Å². The van der Waals surface area contributed by atoms with Gasteiger partial charge < -0.3 is 0 Å². The molecule has 0 fully saturated rings. The van der Waals surface area contributed by atoms with E-state index in [0.717, 1.165) is 6.42 Å². The van der Waals surface area contributed by atoms with E-state index in [2.05, 4.69) is 68.7 Å². The van der Waals surface area contributed by atoms with Crippen LogP contribution in [-0.4, -0.2) is 0 Å². The second-order valence-electron chi connectivity index (χ2n) is 5.25. The van der Waals surface area contributed by atoms with E-state index in [1.54, 1.807) is 0 Å². The van der Waals surface area contributed by atoms with Crippen molar-refractivity contribution in [2.45, 2.75) is 33.2 Å². The molecule has 2 aromatic carbocycles. The Kier molecular flexibility index (Phi) is 4.35. The maximum absolute atomic E-state index is 5.72. The van der Waals surface area contributed by atoms with E-state index in [-0.39, 0.29) is 6.04 Å². The number of aryl methyl sites for hydroxylation is 3. The summed E-state index contributed by atoms with van der Waals surface area (Å²) in [6.45, 7) is 6.37. The number of hydrogen-bond acceptors (Lipinski definition) is 2. The number of rotatable bonds is 4. The van der Waals surface area contributed by atoms with Gasteiger partial charge in [0.15, 0.2) is 0 Å². The van der Waals surface area contributed by atoms with Gasteiger partial charge in [-0.1, -0.05) is 48.0 Å². The molecule has 0 heterocycles. The number of hydrogen-bond donors (Lipinski definition) is 2. The Balaban J connectivity index is 2.19. The molecule has 2 aromatic rings. The van der Waals surface area contributed by atoms with Crippen LogP contribution in [0.15, 0.2) is 42.5 Å². The lowest BCUT2D eigenvalue weighted by Gasteiger charge is -2.18. The van der Waals surface area contributed by atoms with Crippen molar-refractivity contribution in [3.63, 3.8) is 0 Å². The van der Waals surface area contributed by atoms with Gasteiger partial charge in [-0.25, -0.2) is 0 Å². The third-order valence-corrected chi connectivity index (χ3v) is 3.69. The van der Waals surface area contributed by atoms with Gasteiger partial charge in [0, 0.05) is 6.04 Å². The summed E-state index contributed by atoms with van der Waals surface area (Å²) in [4.78, 5) is 0. The first-order valence-corrected chi connectivity index (χ1v) is 6.69.